The van der Waals surface area contributed by atoms with E-state index in [0.29, 0.717) is 22.7 Å². The van der Waals surface area contributed by atoms with Crippen molar-refractivity contribution in [3.05, 3.63) is 70.9 Å². The number of nitrogens with zero attached hydrogens (tertiary/aromatic N) is 1. The highest BCUT2D eigenvalue weighted by Gasteiger charge is 2.17. The van der Waals surface area contributed by atoms with Gasteiger partial charge < -0.3 is 9.84 Å². The smallest absolute Gasteiger partial charge is 0.261 e. The molecular weight excluding hydrogens is 385 g/mol. The van der Waals surface area contributed by atoms with Crippen LogP contribution in [0.25, 0.3) is 0 Å². The molecule has 1 amide bonds. The van der Waals surface area contributed by atoms with Gasteiger partial charge in [0.05, 0.1) is 4.90 Å². The number of carbonyl (C=O) groups excluding carboxylic acids is 1. The average Bonchev–Trinajstić information content (AvgIpc) is 2.96. The maximum atomic E-state index is 13.4. The van der Waals surface area contributed by atoms with E-state index in [9.17, 15) is 17.6 Å². The number of nitrogens with one attached hydrogen (secondary N) is 2. The van der Waals surface area contributed by atoms with Gasteiger partial charge in [-0.2, -0.15) is 0 Å². The molecule has 0 unspecified atom stereocenters. The molecule has 0 aliphatic rings. The van der Waals surface area contributed by atoms with Gasteiger partial charge in [-0.3, -0.25) is 9.52 Å². The molecule has 3 rings (SSSR count). The highest BCUT2D eigenvalue weighted by Crippen LogP contribution is 2.21. The van der Waals surface area contributed by atoms with Crippen LogP contribution in [0.1, 0.15) is 27.4 Å². The second kappa shape index (κ2) is 7.43. The number of anilines is 2. The second-order valence-electron chi connectivity index (χ2n) is 6.25. The van der Waals surface area contributed by atoms with Crippen LogP contribution in [0.2, 0.25) is 0 Å². The first kappa shape index (κ1) is 19.6. The van der Waals surface area contributed by atoms with Gasteiger partial charge in [0.2, 0.25) is 0 Å². The molecule has 0 spiro atoms. The van der Waals surface area contributed by atoms with E-state index in [1.807, 2.05) is 0 Å². The minimum Gasteiger partial charge on any atom is -0.359 e. The van der Waals surface area contributed by atoms with Crippen molar-refractivity contribution in [1.82, 2.24) is 5.16 Å². The molecule has 0 saturated heterocycles. The van der Waals surface area contributed by atoms with Crippen LogP contribution < -0.4 is 10.0 Å². The van der Waals surface area contributed by atoms with Crippen LogP contribution >= 0.6 is 0 Å². The van der Waals surface area contributed by atoms with Gasteiger partial charge >= 0.3 is 0 Å². The van der Waals surface area contributed by atoms with Crippen LogP contribution in [0.3, 0.4) is 0 Å². The molecule has 9 heteroatoms. The number of carbonyl (C=O) groups is 1. The molecule has 146 valence electrons. The molecule has 0 saturated carbocycles. The lowest BCUT2D eigenvalue weighted by Crippen LogP contribution is -2.15. The largest absolute Gasteiger partial charge is 0.359 e. The summed E-state index contributed by atoms with van der Waals surface area (Å²) in [4.78, 5) is 12.3. The van der Waals surface area contributed by atoms with E-state index in [-0.39, 0.29) is 22.1 Å². The number of aromatic nitrogens is 1. The van der Waals surface area contributed by atoms with Gasteiger partial charge in [0.15, 0.2) is 5.76 Å². The predicted molar refractivity (Wildman–Crippen MR) is 102 cm³/mol. The predicted octanol–water partition coefficient (Wildman–Crippen LogP) is 3.79. The summed E-state index contributed by atoms with van der Waals surface area (Å²) in [5.41, 5.74) is 1.90. The second-order valence-corrected chi connectivity index (χ2v) is 7.93. The van der Waals surface area contributed by atoms with E-state index in [1.165, 1.54) is 43.3 Å². The molecule has 1 heterocycles. The van der Waals surface area contributed by atoms with Crippen molar-refractivity contribution >= 4 is 27.3 Å². The fourth-order valence-corrected chi connectivity index (χ4v) is 3.68. The summed E-state index contributed by atoms with van der Waals surface area (Å²) in [6, 6.07) is 9.46. The van der Waals surface area contributed by atoms with Crippen molar-refractivity contribution in [2.45, 2.75) is 25.7 Å². The molecule has 3 aromatic rings. The van der Waals surface area contributed by atoms with Gasteiger partial charge in [0.1, 0.15) is 17.2 Å². The van der Waals surface area contributed by atoms with Crippen molar-refractivity contribution in [3.8, 4) is 0 Å². The molecule has 0 atom stereocenters. The number of aryl methyl sites for hydroxylation is 3. The van der Waals surface area contributed by atoms with E-state index in [1.54, 1.807) is 13.8 Å². The molecular formula is C19H18FN3O4S. The SMILES string of the molecule is Cc1cc(S(=O)(=O)Nc2ccc(C(=O)Nc3c(C)noc3C)cc2)ccc1F. The number of halogens is 1. The monoisotopic (exact) mass is 403 g/mol. The third kappa shape index (κ3) is 4.04. The Labute approximate surface area is 161 Å². The van der Waals surface area contributed by atoms with E-state index >= 15 is 0 Å². The van der Waals surface area contributed by atoms with Crippen LogP contribution in [-0.4, -0.2) is 19.5 Å². The summed E-state index contributed by atoms with van der Waals surface area (Å²) in [7, 11) is -3.88. The van der Waals surface area contributed by atoms with Gasteiger partial charge in [0, 0.05) is 11.3 Å². The lowest BCUT2D eigenvalue weighted by molar-refractivity contribution is 0.102. The van der Waals surface area contributed by atoms with Crippen LogP contribution in [0.5, 0.6) is 0 Å². The Bertz CT molecular complexity index is 1120. The zero-order valence-electron chi connectivity index (χ0n) is 15.4. The summed E-state index contributed by atoms with van der Waals surface area (Å²) in [6.07, 6.45) is 0. The summed E-state index contributed by atoms with van der Waals surface area (Å²) in [5, 5.41) is 6.48. The van der Waals surface area contributed by atoms with Gasteiger partial charge in [0.25, 0.3) is 15.9 Å². The van der Waals surface area contributed by atoms with E-state index in [4.69, 9.17) is 4.52 Å². The normalized spacial score (nSPS) is 11.3. The number of hydrogen-bond acceptors (Lipinski definition) is 5. The molecule has 2 aromatic carbocycles. The lowest BCUT2D eigenvalue weighted by Gasteiger charge is -2.10. The maximum absolute atomic E-state index is 13.4. The summed E-state index contributed by atoms with van der Waals surface area (Å²) < 4.78 is 45.6. The molecule has 0 bridgehead atoms. The van der Waals surface area contributed by atoms with Crippen LogP contribution in [0.15, 0.2) is 51.9 Å². The summed E-state index contributed by atoms with van der Waals surface area (Å²) in [5.74, 6) is -0.365. The van der Waals surface area contributed by atoms with Gasteiger partial charge in [-0.25, -0.2) is 12.8 Å². The van der Waals surface area contributed by atoms with Crippen molar-refractivity contribution in [2.75, 3.05) is 10.0 Å². The van der Waals surface area contributed by atoms with E-state index < -0.39 is 15.8 Å². The third-order valence-corrected chi connectivity index (χ3v) is 5.49. The first-order valence-corrected chi connectivity index (χ1v) is 9.79. The summed E-state index contributed by atoms with van der Waals surface area (Å²) in [6.45, 7) is 4.88. The van der Waals surface area contributed by atoms with Crippen molar-refractivity contribution in [1.29, 1.82) is 0 Å². The minimum atomic E-state index is -3.88. The Morgan fingerprint density at radius 3 is 2.32 bits per heavy atom. The van der Waals surface area contributed by atoms with Gasteiger partial charge in [-0.15, -0.1) is 0 Å². The van der Waals surface area contributed by atoms with E-state index in [2.05, 4.69) is 15.2 Å². The van der Waals surface area contributed by atoms with E-state index in [0.717, 1.165) is 6.07 Å². The van der Waals surface area contributed by atoms with Crippen molar-refractivity contribution in [3.63, 3.8) is 0 Å². The highest BCUT2D eigenvalue weighted by molar-refractivity contribution is 7.92. The standard InChI is InChI=1S/C19H18FN3O4S/c1-11-10-16(8-9-17(11)20)28(25,26)23-15-6-4-14(5-7-15)19(24)21-18-12(2)22-27-13(18)3/h4-10,23H,1-3H3,(H,21,24). The number of benzene rings is 2. The number of sulfonamides is 1. The topological polar surface area (TPSA) is 101 Å². The molecule has 28 heavy (non-hydrogen) atoms. The summed E-state index contributed by atoms with van der Waals surface area (Å²) >= 11 is 0. The van der Waals surface area contributed by atoms with Crippen LogP contribution in [0, 0.1) is 26.6 Å². The Morgan fingerprint density at radius 2 is 1.75 bits per heavy atom. The number of hydrogen-bond donors (Lipinski definition) is 2. The molecule has 7 nitrogen and oxygen atoms in total. The first-order chi connectivity index (χ1) is 13.2. The van der Waals surface area contributed by atoms with Crippen molar-refractivity contribution < 1.29 is 22.1 Å². The zero-order chi connectivity index (χ0) is 20.5. The highest BCUT2D eigenvalue weighted by atomic mass is 32.2. The van der Waals surface area contributed by atoms with Crippen LogP contribution in [-0.2, 0) is 10.0 Å². The molecule has 0 fully saturated rings. The average molecular weight is 403 g/mol. The molecule has 0 aliphatic heterocycles. The fraction of sp³-hybridized carbons (Fsp3) is 0.158. The zero-order valence-corrected chi connectivity index (χ0v) is 16.2. The molecule has 2 N–H and O–H groups in total. The third-order valence-electron chi connectivity index (χ3n) is 4.11. The first-order valence-electron chi connectivity index (χ1n) is 8.30. The molecule has 0 radical (unpaired) electrons. The number of rotatable bonds is 5. The van der Waals surface area contributed by atoms with Gasteiger partial charge in [-0.05, 0) is 68.8 Å². The Hall–Kier alpha value is -3.20. The Morgan fingerprint density at radius 1 is 1.07 bits per heavy atom. The number of amides is 1. The quantitative estimate of drug-likeness (QED) is 0.675. The van der Waals surface area contributed by atoms with Gasteiger partial charge in [-0.1, -0.05) is 5.16 Å². The molecule has 1 aromatic heterocycles. The lowest BCUT2D eigenvalue weighted by atomic mass is 10.2. The Kier molecular flexibility index (Phi) is 5.19. The molecule has 0 aliphatic carbocycles. The van der Waals surface area contributed by atoms with Crippen molar-refractivity contribution in [2.24, 2.45) is 0 Å². The minimum absolute atomic E-state index is 0.0494. The Balaban J connectivity index is 1.75. The fourth-order valence-electron chi connectivity index (χ4n) is 2.54. The maximum Gasteiger partial charge on any atom is 0.261 e. The van der Waals surface area contributed by atoms with Crippen LogP contribution in [0.4, 0.5) is 15.8 Å².